The van der Waals surface area contributed by atoms with Crippen molar-refractivity contribution in [2.75, 3.05) is 12.4 Å². The van der Waals surface area contributed by atoms with E-state index in [1.807, 2.05) is 55.5 Å². The number of methoxy groups -OCH3 is 1. The molecule has 0 spiro atoms. The highest BCUT2D eigenvalue weighted by molar-refractivity contribution is 8.15. The molecule has 8 heteroatoms. The van der Waals surface area contributed by atoms with Gasteiger partial charge in [0.1, 0.15) is 11.0 Å². The maximum atomic E-state index is 13.2. The van der Waals surface area contributed by atoms with E-state index in [0.717, 1.165) is 16.9 Å². The highest BCUT2D eigenvalue weighted by Crippen LogP contribution is 2.31. The molecular weight excluding hydrogens is 470 g/mol. The summed E-state index contributed by atoms with van der Waals surface area (Å²) < 4.78 is 5.22. The highest BCUT2D eigenvalue weighted by Gasteiger charge is 2.36. The van der Waals surface area contributed by atoms with Crippen LogP contribution < -0.4 is 10.1 Å². The summed E-state index contributed by atoms with van der Waals surface area (Å²) in [5.74, 6) is 0.356. The Labute approximate surface area is 208 Å². The van der Waals surface area contributed by atoms with Crippen molar-refractivity contribution in [3.05, 3.63) is 88.9 Å². The van der Waals surface area contributed by atoms with Gasteiger partial charge < -0.3 is 10.1 Å². The lowest BCUT2D eigenvalue weighted by Crippen LogP contribution is -2.44. The second kappa shape index (κ2) is 10.8. The minimum Gasteiger partial charge on any atom is -0.497 e. The van der Waals surface area contributed by atoms with Gasteiger partial charge in [-0.1, -0.05) is 47.6 Å². The average molecular weight is 494 g/mol. The zero-order valence-electron chi connectivity index (χ0n) is 18.8. The molecule has 1 heterocycles. The molecule has 174 valence electrons. The molecule has 1 N–H and O–H groups in total. The van der Waals surface area contributed by atoms with Crippen molar-refractivity contribution < 1.29 is 14.3 Å². The molecule has 4 rings (SSSR count). The predicted octanol–water partition coefficient (Wildman–Crippen LogP) is 5.82. The molecule has 0 saturated carbocycles. The van der Waals surface area contributed by atoms with Gasteiger partial charge in [-0.05, 0) is 66.6 Å². The minimum absolute atomic E-state index is 0.0815. The Morgan fingerprint density at radius 2 is 1.88 bits per heavy atom. The number of hydrogen-bond donors (Lipinski definition) is 1. The normalized spacial score (nSPS) is 17.0. The Kier molecular flexibility index (Phi) is 7.55. The van der Waals surface area contributed by atoms with Gasteiger partial charge in [-0.15, -0.1) is 0 Å². The molecule has 1 aliphatic heterocycles. The quantitative estimate of drug-likeness (QED) is 0.470. The fourth-order valence-electron chi connectivity index (χ4n) is 3.48. The molecule has 0 radical (unpaired) electrons. The molecule has 34 heavy (non-hydrogen) atoms. The number of thioether (sulfide) groups is 1. The van der Waals surface area contributed by atoms with Gasteiger partial charge in [-0.3, -0.25) is 14.5 Å². The van der Waals surface area contributed by atoms with E-state index in [-0.39, 0.29) is 18.2 Å². The molecule has 1 saturated heterocycles. The minimum atomic E-state index is -0.592. The number of ether oxygens (including phenoxy) is 1. The van der Waals surface area contributed by atoms with Crippen molar-refractivity contribution in [3.8, 4) is 5.75 Å². The number of anilines is 1. The summed E-state index contributed by atoms with van der Waals surface area (Å²) >= 11 is 7.30. The molecule has 6 nitrogen and oxygen atoms in total. The van der Waals surface area contributed by atoms with Gasteiger partial charge in [-0.2, -0.15) is 0 Å². The number of nitrogens with zero attached hydrogens (tertiary/aromatic N) is 2. The van der Waals surface area contributed by atoms with Gasteiger partial charge in [0, 0.05) is 17.1 Å². The number of hydrogen-bond acceptors (Lipinski definition) is 5. The van der Waals surface area contributed by atoms with Crippen LogP contribution in [0.1, 0.15) is 17.5 Å². The van der Waals surface area contributed by atoms with Gasteiger partial charge in [0.05, 0.1) is 19.3 Å². The number of nitrogens with one attached hydrogen (secondary N) is 1. The summed E-state index contributed by atoms with van der Waals surface area (Å²) in [6, 6.07) is 22.1. The zero-order valence-corrected chi connectivity index (χ0v) is 20.4. The van der Waals surface area contributed by atoms with Gasteiger partial charge in [-0.25, -0.2) is 4.99 Å². The van der Waals surface area contributed by atoms with E-state index in [1.54, 1.807) is 36.3 Å². The zero-order chi connectivity index (χ0) is 24.1. The van der Waals surface area contributed by atoms with Gasteiger partial charge in [0.15, 0.2) is 5.17 Å². The third-order valence-electron chi connectivity index (χ3n) is 5.27. The number of amides is 2. The van der Waals surface area contributed by atoms with Crippen molar-refractivity contribution in [1.82, 2.24) is 4.90 Å². The lowest BCUT2D eigenvalue weighted by atomic mass is 10.1. The van der Waals surface area contributed by atoms with Crippen LogP contribution in [-0.2, 0) is 16.1 Å². The van der Waals surface area contributed by atoms with Crippen LogP contribution in [0.4, 0.5) is 11.4 Å². The van der Waals surface area contributed by atoms with E-state index < -0.39 is 5.25 Å². The Morgan fingerprint density at radius 3 is 2.56 bits per heavy atom. The van der Waals surface area contributed by atoms with Crippen LogP contribution in [0, 0.1) is 6.92 Å². The number of aliphatic imine (C=N–C) groups is 1. The van der Waals surface area contributed by atoms with Gasteiger partial charge >= 0.3 is 0 Å². The largest absolute Gasteiger partial charge is 0.497 e. The number of halogens is 1. The van der Waals surface area contributed by atoms with Crippen molar-refractivity contribution >= 4 is 51.7 Å². The van der Waals surface area contributed by atoms with Gasteiger partial charge in [0.25, 0.3) is 0 Å². The molecule has 2 amide bonds. The van der Waals surface area contributed by atoms with Crippen LogP contribution in [-0.4, -0.2) is 34.2 Å². The lowest BCUT2D eigenvalue weighted by molar-refractivity contribution is -0.129. The molecule has 0 bridgehead atoms. The molecule has 1 aliphatic rings. The first-order valence-electron chi connectivity index (χ1n) is 10.7. The predicted molar refractivity (Wildman–Crippen MR) is 138 cm³/mol. The van der Waals surface area contributed by atoms with Crippen LogP contribution in [0.3, 0.4) is 0 Å². The first kappa shape index (κ1) is 23.9. The fourth-order valence-corrected chi connectivity index (χ4v) is 4.71. The molecule has 1 atom stereocenters. The number of carbonyl (C=O) groups is 2. The van der Waals surface area contributed by atoms with E-state index in [4.69, 9.17) is 21.3 Å². The Hall–Kier alpha value is -3.29. The van der Waals surface area contributed by atoms with E-state index in [0.29, 0.717) is 28.1 Å². The molecular formula is C26H24ClN3O3S. The SMILES string of the molecule is COc1ccc(CN2C(=O)CC(C(=O)Nc3cccc(C)c3)SC2=Nc2ccc(Cl)cc2)cc1. The summed E-state index contributed by atoms with van der Waals surface area (Å²) in [6.07, 6.45) is 0.0815. The number of rotatable bonds is 6. The van der Waals surface area contributed by atoms with E-state index >= 15 is 0 Å². The number of carbonyl (C=O) groups excluding carboxylic acids is 2. The fraction of sp³-hybridized carbons (Fsp3) is 0.192. The van der Waals surface area contributed by atoms with E-state index in [2.05, 4.69) is 5.32 Å². The topological polar surface area (TPSA) is 71.0 Å². The third-order valence-corrected chi connectivity index (χ3v) is 6.71. The number of benzene rings is 3. The van der Waals surface area contributed by atoms with Crippen LogP contribution in [0.2, 0.25) is 5.02 Å². The molecule has 3 aromatic rings. The second-order valence-electron chi connectivity index (χ2n) is 7.87. The van der Waals surface area contributed by atoms with E-state index in [1.165, 1.54) is 11.8 Å². The lowest BCUT2D eigenvalue weighted by Gasteiger charge is -2.32. The van der Waals surface area contributed by atoms with Crippen molar-refractivity contribution in [2.45, 2.75) is 25.1 Å². The number of aryl methyl sites for hydroxylation is 1. The van der Waals surface area contributed by atoms with Crippen molar-refractivity contribution in [2.24, 2.45) is 4.99 Å². The first-order valence-corrected chi connectivity index (χ1v) is 12.0. The van der Waals surface area contributed by atoms with Crippen LogP contribution in [0.5, 0.6) is 5.75 Å². The van der Waals surface area contributed by atoms with Crippen LogP contribution in [0.25, 0.3) is 0 Å². The molecule has 0 aromatic heterocycles. The summed E-state index contributed by atoms with van der Waals surface area (Å²) in [6.45, 7) is 2.30. The molecule has 1 unspecified atom stereocenters. The van der Waals surface area contributed by atoms with Gasteiger partial charge in [0.2, 0.25) is 11.8 Å². The maximum Gasteiger partial charge on any atom is 0.238 e. The summed E-state index contributed by atoms with van der Waals surface area (Å²) in [7, 11) is 1.61. The van der Waals surface area contributed by atoms with E-state index in [9.17, 15) is 9.59 Å². The summed E-state index contributed by atoms with van der Waals surface area (Å²) in [5.41, 5.74) is 3.33. The number of amidine groups is 1. The standard InChI is InChI=1S/C26H24ClN3O3S/c1-17-4-3-5-21(14-17)28-25(32)23-15-24(31)30(16-18-6-12-22(33-2)13-7-18)26(34-23)29-20-10-8-19(27)9-11-20/h3-14,23H,15-16H2,1-2H3,(H,28,32). The van der Waals surface area contributed by atoms with Crippen molar-refractivity contribution in [3.63, 3.8) is 0 Å². The highest BCUT2D eigenvalue weighted by atomic mass is 35.5. The third kappa shape index (κ3) is 5.98. The second-order valence-corrected chi connectivity index (χ2v) is 9.47. The Balaban J connectivity index is 1.59. The Bertz CT molecular complexity index is 1210. The van der Waals surface area contributed by atoms with Crippen LogP contribution >= 0.6 is 23.4 Å². The molecule has 0 aliphatic carbocycles. The average Bonchev–Trinajstić information content (AvgIpc) is 2.83. The smallest absolute Gasteiger partial charge is 0.238 e. The molecule has 3 aromatic carbocycles. The summed E-state index contributed by atoms with van der Waals surface area (Å²) in [5, 5.41) is 3.40. The Morgan fingerprint density at radius 1 is 1.15 bits per heavy atom. The molecule has 1 fully saturated rings. The summed E-state index contributed by atoms with van der Waals surface area (Å²) in [4.78, 5) is 32.5. The monoisotopic (exact) mass is 493 g/mol. The first-order chi connectivity index (χ1) is 16.4. The maximum absolute atomic E-state index is 13.2. The van der Waals surface area contributed by atoms with Crippen molar-refractivity contribution in [1.29, 1.82) is 0 Å². The van der Waals surface area contributed by atoms with Crippen LogP contribution in [0.15, 0.2) is 77.8 Å².